The minimum Gasteiger partial charge on any atom is -0.491 e. The van der Waals surface area contributed by atoms with E-state index in [9.17, 15) is 0 Å². The van der Waals surface area contributed by atoms with Crippen LogP contribution in [0, 0.1) is 0 Å². The number of ether oxygens (including phenoxy) is 1. The molecule has 0 atom stereocenters. The standard InChI is InChI=1S/C13H19N.C12H17NO.C12H17N.C11H15N.8C2H6.CH4/c1-11(2)14-10-6-5-8-12-7-3-4-9-13(12)14;1-10(2)13-8-5-9-14-12-7-4-3-6-11(12)13;1-10(2)13-9-5-7-11-6-3-4-8-12(11)13;1-9(2)12-8-7-10-5-3-4-6-11(10)12;8*1-2;/h3-4,7,9,11H,5-6,8,10H2,1-2H3;3-4,6-7,10H,5,8-9H2,1-2H3;3-4,6,8,10H,5,7,9H2,1-2H3;3-6,9H,7-8H2,1-2H3;8*1-2H3;1H4. The van der Waals surface area contributed by atoms with Gasteiger partial charge in [0.2, 0.25) is 0 Å². The van der Waals surface area contributed by atoms with Crippen LogP contribution in [-0.2, 0) is 19.3 Å². The highest BCUT2D eigenvalue weighted by atomic mass is 16.5. The van der Waals surface area contributed by atoms with Gasteiger partial charge in [0.15, 0.2) is 0 Å². The fraction of sp³-hybridized carbons (Fsp3) is 0.631. The maximum Gasteiger partial charge on any atom is 0.142 e. The van der Waals surface area contributed by atoms with E-state index in [0.29, 0.717) is 24.2 Å². The van der Waals surface area contributed by atoms with Gasteiger partial charge in [-0.25, -0.2) is 0 Å². The van der Waals surface area contributed by atoms with E-state index in [1.807, 2.05) is 117 Å². The van der Waals surface area contributed by atoms with Gasteiger partial charge in [-0.3, -0.25) is 0 Å². The predicted molar refractivity (Wildman–Crippen MR) is 328 cm³/mol. The summed E-state index contributed by atoms with van der Waals surface area (Å²) in [5.41, 5.74) is 10.1. The molecule has 5 nitrogen and oxygen atoms in total. The van der Waals surface area contributed by atoms with Crippen LogP contribution in [0.4, 0.5) is 22.7 Å². The van der Waals surface area contributed by atoms with Crippen molar-refractivity contribution in [3.63, 3.8) is 0 Å². The van der Waals surface area contributed by atoms with Crippen LogP contribution in [0.15, 0.2) is 97.1 Å². The molecule has 0 aliphatic carbocycles. The van der Waals surface area contributed by atoms with E-state index in [0.717, 1.165) is 25.3 Å². The van der Waals surface area contributed by atoms with E-state index in [-0.39, 0.29) is 7.43 Å². The second-order valence-corrected chi connectivity index (χ2v) is 16.0. The van der Waals surface area contributed by atoms with Gasteiger partial charge in [0.25, 0.3) is 0 Å². The molecule has 0 aromatic heterocycles. The number of hydrogen-bond acceptors (Lipinski definition) is 5. The maximum atomic E-state index is 5.69. The quantitative estimate of drug-likeness (QED) is 0.203. The Balaban J connectivity index is -0.000000243. The molecule has 70 heavy (non-hydrogen) atoms. The number of rotatable bonds is 4. The zero-order valence-corrected chi connectivity index (χ0v) is 50.2. The summed E-state index contributed by atoms with van der Waals surface area (Å²) in [5.74, 6) is 1.03. The topological polar surface area (TPSA) is 22.2 Å². The molecule has 0 bridgehead atoms. The molecule has 4 aromatic carbocycles. The van der Waals surface area contributed by atoms with E-state index in [2.05, 4.69) is 166 Å². The Morgan fingerprint density at radius 2 is 0.600 bits per heavy atom. The Bertz CT molecular complexity index is 1620. The Morgan fingerprint density at radius 3 is 1.00 bits per heavy atom. The van der Waals surface area contributed by atoms with Gasteiger partial charge in [0.1, 0.15) is 5.75 Å². The molecule has 0 saturated heterocycles. The Morgan fingerprint density at radius 1 is 0.314 bits per heavy atom. The summed E-state index contributed by atoms with van der Waals surface area (Å²) in [4.78, 5) is 9.90. The van der Waals surface area contributed by atoms with Gasteiger partial charge in [-0.1, -0.05) is 185 Å². The molecule has 0 saturated carbocycles. The van der Waals surface area contributed by atoms with E-state index in [1.165, 1.54) is 97.6 Å². The molecule has 4 aromatic rings. The van der Waals surface area contributed by atoms with E-state index < -0.39 is 0 Å². The molecule has 406 valence electrons. The van der Waals surface area contributed by atoms with Crippen molar-refractivity contribution in [1.29, 1.82) is 0 Å². The molecule has 4 aliphatic rings. The predicted octanol–water partition coefficient (Wildman–Crippen LogP) is 20.1. The average Bonchev–Trinajstić information content (AvgIpc) is 3.58. The molecule has 5 heteroatoms. The maximum absolute atomic E-state index is 5.69. The lowest BCUT2D eigenvalue weighted by atomic mass is 10.0. The van der Waals surface area contributed by atoms with Crippen molar-refractivity contribution >= 4 is 22.7 Å². The number of fused-ring (bicyclic) bond motifs is 4. The lowest BCUT2D eigenvalue weighted by Gasteiger charge is -2.34. The molecule has 4 aliphatic heterocycles. The van der Waals surface area contributed by atoms with Crippen LogP contribution < -0.4 is 24.3 Å². The van der Waals surface area contributed by atoms with Crippen molar-refractivity contribution < 1.29 is 4.74 Å². The number of anilines is 4. The third kappa shape index (κ3) is 26.9. The number of nitrogens with zero attached hydrogens (tertiary/aromatic N) is 4. The first-order chi connectivity index (χ1) is 33.7. The summed E-state index contributed by atoms with van der Waals surface area (Å²) >= 11 is 0. The summed E-state index contributed by atoms with van der Waals surface area (Å²) in [6.07, 6.45) is 8.78. The summed E-state index contributed by atoms with van der Waals surface area (Å²) in [6.45, 7) is 55.6. The van der Waals surface area contributed by atoms with Gasteiger partial charge in [0, 0.05) is 67.4 Å². The largest absolute Gasteiger partial charge is 0.491 e. The molecule has 4 heterocycles. The fourth-order valence-electron chi connectivity index (χ4n) is 8.15. The van der Waals surface area contributed by atoms with Crippen LogP contribution >= 0.6 is 0 Å². The normalized spacial score (nSPS) is 12.9. The smallest absolute Gasteiger partial charge is 0.142 e. The van der Waals surface area contributed by atoms with Gasteiger partial charge in [-0.15, -0.1) is 0 Å². The molecule has 0 amide bonds. The molecular weight excluding hydrogens is 853 g/mol. The van der Waals surface area contributed by atoms with Gasteiger partial charge >= 0.3 is 0 Å². The first-order valence-corrected chi connectivity index (χ1v) is 28.7. The van der Waals surface area contributed by atoms with Crippen LogP contribution in [0.2, 0.25) is 0 Å². The third-order valence-electron chi connectivity index (χ3n) is 10.9. The number of para-hydroxylation sites is 5. The highest BCUT2D eigenvalue weighted by Gasteiger charge is 2.21. The highest BCUT2D eigenvalue weighted by Crippen LogP contribution is 2.32. The number of hydrogen-bond donors (Lipinski definition) is 0. The van der Waals surface area contributed by atoms with Crippen LogP contribution in [-0.4, -0.2) is 57.0 Å². The molecule has 0 N–H and O–H groups in total. The van der Waals surface area contributed by atoms with Crippen LogP contribution in [0.3, 0.4) is 0 Å². The molecule has 0 spiro atoms. The number of aryl methyl sites for hydroxylation is 2. The summed E-state index contributed by atoms with van der Waals surface area (Å²) in [5, 5.41) is 0. The first kappa shape index (κ1) is 74.8. The van der Waals surface area contributed by atoms with Crippen LogP contribution in [0.1, 0.15) is 216 Å². The third-order valence-corrected chi connectivity index (χ3v) is 10.9. The monoisotopic (exact) mass is 973 g/mol. The minimum atomic E-state index is 0. The molecule has 0 radical (unpaired) electrons. The SMILES string of the molecule is C.CC.CC.CC.CC.CC.CC.CC.CC.CC(C)N1CCCCc2ccccc21.CC(C)N1CCCOc2ccccc21.CC(C)N1CCCc2ccccc21.CC(C)N1CCc2ccccc21. The van der Waals surface area contributed by atoms with Gasteiger partial charge < -0.3 is 24.3 Å². The molecule has 0 unspecified atom stereocenters. The fourth-order valence-corrected chi connectivity index (χ4v) is 8.15. The van der Waals surface area contributed by atoms with Gasteiger partial charge in [-0.2, -0.15) is 0 Å². The Labute approximate surface area is 440 Å². The van der Waals surface area contributed by atoms with Crippen molar-refractivity contribution in [3.8, 4) is 5.75 Å². The van der Waals surface area contributed by atoms with Gasteiger partial charge in [0.05, 0.1) is 12.3 Å². The second-order valence-electron chi connectivity index (χ2n) is 16.0. The van der Waals surface area contributed by atoms with Crippen molar-refractivity contribution in [2.75, 3.05) is 52.4 Å². The van der Waals surface area contributed by atoms with E-state index >= 15 is 0 Å². The zero-order chi connectivity index (χ0) is 53.7. The Hall–Kier alpha value is -4.12. The number of benzene rings is 4. The molecule has 8 rings (SSSR count). The first-order valence-electron chi connectivity index (χ1n) is 28.7. The molecular formula is C65H120N4O. The summed E-state index contributed by atoms with van der Waals surface area (Å²) in [6, 6.07) is 37.0. The highest BCUT2D eigenvalue weighted by molar-refractivity contribution is 5.60. The van der Waals surface area contributed by atoms with Crippen molar-refractivity contribution in [2.45, 2.75) is 243 Å². The van der Waals surface area contributed by atoms with Crippen molar-refractivity contribution in [2.24, 2.45) is 0 Å². The van der Waals surface area contributed by atoms with Crippen LogP contribution in [0.5, 0.6) is 5.75 Å². The lowest BCUT2D eigenvalue weighted by molar-refractivity contribution is 0.322. The minimum absolute atomic E-state index is 0. The average molecular weight is 974 g/mol. The van der Waals surface area contributed by atoms with Crippen molar-refractivity contribution in [1.82, 2.24) is 0 Å². The lowest BCUT2D eigenvalue weighted by Crippen LogP contribution is -2.35. The Kier molecular flexibility index (Phi) is 53.3. The van der Waals surface area contributed by atoms with E-state index in [4.69, 9.17) is 4.74 Å². The van der Waals surface area contributed by atoms with Gasteiger partial charge in [-0.05, 0) is 147 Å². The zero-order valence-electron chi connectivity index (χ0n) is 50.2. The summed E-state index contributed by atoms with van der Waals surface area (Å²) in [7, 11) is 0. The van der Waals surface area contributed by atoms with Crippen LogP contribution in [0.25, 0.3) is 0 Å². The summed E-state index contributed by atoms with van der Waals surface area (Å²) < 4.78 is 5.69. The van der Waals surface area contributed by atoms with Crippen molar-refractivity contribution in [3.05, 3.63) is 114 Å². The second kappa shape index (κ2) is 49.8. The van der Waals surface area contributed by atoms with E-state index in [1.54, 1.807) is 0 Å². The molecule has 0 fully saturated rings.